The molecule has 2 amide bonds. The zero-order valence-electron chi connectivity index (χ0n) is 24.3. The van der Waals surface area contributed by atoms with E-state index in [1.165, 1.54) is 34.0 Å². The Balaban J connectivity index is 1.36. The van der Waals surface area contributed by atoms with Gasteiger partial charge in [-0.15, -0.1) is 10.2 Å². The van der Waals surface area contributed by atoms with Gasteiger partial charge in [-0.3, -0.25) is 14.5 Å². The average Bonchev–Trinajstić information content (AvgIpc) is 3.52. The predicted molar refractivity (Wildman–Crippen MR) is 159 cm³/mol. The van der Waals surface area contributed by atoms with Gasteiger partial charge in [-0.2, -0.15) is 4.80 Å². The fraction of sp³-hybridized carbons (Fsp3) is 0.344. The predicted octanol–water partition coefficient (Wildman–Crippen LogP) is 4.48. The summed E-state index contributed by atoms with van der Waals surface area (Å²) in [5, 5.41) is 15.8. The first-order valence-corrected chi connectivity index (χ1v) is 14.7. The molecule has 1 N–H and O–H groups in total. The molecule has 1 atom stereocenters. The minimum Gasteiger partial charge on any atom is -0.497 e. The molecule has 1 fully saturated rings. The number of carbonyl (C=O) groups is 2. The second kappa shape index (κ2) is 13.1. The number of aromatic nitrogens is 4. The van der Waals surface area contributed by atoms with E-state index in [0.29, 0.717) is 53.1 Å². The van der Waals surface area contributed by atoms with E-state index >= 15 is 0 Å². The Hall–Kier alpha value is -5.00. The molecule has 1 aromatic heterocycles. The number of halogens is 1. The van der Waals surface area contributed by atoms with E-state index in [4.69, 9.17) is 14.2 Å². The molecule has 44 heavy (non-hydrogen) atoms. The molecule has 0 saturated heterocycles. The molecule has 0 spiro atoms. The molecule has 0 radical (unpaired) electrons. The molecule has 1 unspecified atom stereocenters. The standard InChI is InChI=1S/C32H33FN6O5/c1-42-26-14-9-22(10-15-26)31-35-37-38(36-31)20-29(40)39(25-13-16-27-28(19-25)44-18-17-43-27)30(21-7-11-23(33)12-8-21)32(41)34-24-5-3-2-4-6-24/h7-16,19,24,30H,2-6,17-18,20H2,1H3,(H,34,41). The lowest BCUT2D eigenvalue weighted by Crippen LogP contribution is -2.48. The van der Waals surface area contributed by atoms with Crippen LogP contribution in [0.2, 0.25) is 0 Å². The van der Waals surface area contributed by atoms with Crippen LogP contribution < -0.4 is 24.4 Å². The minimum atomic E-state index is -1.11. The highest BCUT2D eigenvalue weighted by Crippen LogP contribution is 2.37. The third-order valence-corrected chi connectivity index (χ3v) is 7.79. The molecule has 228 valence electrons. The van der Waals surface area contributed by atoms with Crippen molar-refractivity contribution in [1.29, 1.82) is 0 Å². The normalized spacial score (nSPS) is 15.3. The zero-order valence-corrected chi connectivity index (χ0v) is 24.3. The number of tetrazole rings is 1. The van der Waals surface area contributed by atoms with E-state index in [1.807, 2.05) is 0 Å². The number of methoxy groups -OCH3 is 1. The Morgan fingerprint density at radius 3 is 2.45 bits per heavy atom. The van der Waals surface area contributed by atoms with Gasteiger partial charge in [0, 0.05) is 23.4 Å². The fourth-order valence-electron chi connectivity index (χ4n) is 5.57. The lowest BCUT2D eigenvalue weighted by molar-refractivity contribution is -0.127. The summed E-state index contributed by atoms with van der Waals surface area (Å²) in [4.78, 5) is 30.9. The van der Waals surface area contributed by atoms with Gasteiger partial charge < -0.3 is 19.5 Å². The Morgan fingerprint density at radius 1 is 1.00 bits per heavy atom. The lowest BCUT2D eigenvalue weighted by Gasteiger charge is -2.34. The maximum atomic E-state index is 14.2. The number of benzene rings is 3. The summed E-state index contributed by atoms with van der Waals surface area (Å²) in [6, 6.07) is 16.7. The molecule has 0 bridgehead atoms. The first kappa shape index (κ1) is 29.1. The van der Waals surface area contributed by atoms with Crippen molar-refractivity contribution >= 4 is 17.5 Å². The smallest absolute Gasteiger partial charge is 0.251 e. The van der Waals surface area contributed by atoms with Gasteiger partial charge in [0.1, 0.15) is 37.4 Å². The molecule has 1 aliphatic heterocycles. The van der Waals surface area contributed by atoms with Crippen LogP contribution in [0.15, 0.2) is 66.7 Å². The summed E-state index contributed by atoms with van der Waals surface area (Å²) in [6.07, 6.45) is 4.88. The second-order valence-electron chi connectivity index (χ2n) is 10.8. The minimum absolute atomic E-state index is 0.0135. The maximum Gasteiger partial charge on any atom is 0.251 e. The molecule has 4 aromatic rings. The first-order valence-electron chi connectivity index (χ1n) is 14.7. The van der Waals surface area contributed by atoms with Crippen LogP contribution in [0.25, 0.3) is 11.4 Å². The molecular formula is C32H33FN6O5. The van der Waals surface area contributed by atoms with Crippen molar-refractivity contribution in [1.82, 2.24) is 25.5 Å². The number of hydrogen-bond donors (Lipinski definition) is 1. The molecule has 12 heteroatoms. The number of hydrogen-bond acceptors (Lipinski definition) is 8. The quantitative estimate of drug-likeness (QED) is 0.299. The van der Waals surface area contributed by atoms with Crippen LogP contribution in [0.5, 0.6) is 17.2 Å². The summed E-state index contributed by atoms with van der Waals surface area (Å²) in [5.41, 5.74) is 1.56. The van der Waals surface area contributed by atoms with Crippen LogP contribution >= 0.6 is 0 Å². The molecule has 11 nitrogen and oxygen atoms in total. The molecule has 2 heterocycles. The van der Waals surface area contributed by atoms with Gasteiger partial charge in [0.15, 0.2) is 11.5 Å². The van der Waals surface area contributed by atoms with Crippen LogP contribution in [-0.4, -0.2) is 58.4 Å². The SMILES string of the molecule is COc1ccc(-c2nnn(CC(=O)N(c3ccc4c(c3)OCCO4)C(C(=O)NC3CCCCC3)c3ccc(F)cc3)n2)cc1. The van der Waals surface area contributed by atoms with Gasteiger partial charge in [-0.05, 0) is 72.1 Å². The molecule has 1 saturated carbocycles. The van der Waals surface area contributed by atoms with Gasteiger partial charge in [0.2, 0.25) is 11.7 Å². The summed E-state index contributed by atoms with van der Waals surface area (Å²) < 4.78 is 30.7. The van der Waals surface area contributed by atoms with E-state index in [2.05, 4.69) is 20.7 Å². The number of rotatable bonds is 9. The van der Waals surface area contributed by atoms with Crippen molar-refractivity contribution in [2.24, 2.45) is 0 Å². The van der Waals surface area contributed by atoms with Crippen molar-refractivity contribution in [2.75, 3.05) is 25.2 Å². The summed E-state index contributed by atoms with van der Waals surface area (Å²) >= 11 is 0. The Labute approximate surface area is 253 Å². The van der Waals surface area contributed by atoms with Crippen molar-refractivity contribution in [3.63, 3.8) is 0 Å². The van der Waals surface area contributed by atoms with Gasteiger partial charge in [0.05, 0.1) is 7.11 Å². The summed E-state index contributed by atoms with van der Waals surface area (Å²) in [5.74, 6) is 0.722. The van der Waals surface area contributed by atoms with E-state index in [0.717, 1.165) is 32.1 Å². The van der Waals surface area contributed by atoms with Crippen LogP contribution in [0.3, 0.4) is 0 Å². The largest absolute Gasteiger partial charge is 0.497 e. The molecule has 2 aliphatic rings. The number of ether oxygens (including phenoxy) is 3. The van der Waals surface area contributed by atoms with Crippen LogP contribution in [0, 0.1) is 5.82 Å². The number of carbonyl (C=O) groups excluding carboxylic acids is 2. The molecule has 3 aromatic carbocycles. The highest BCUT2D eigenvalue weighted by Gasteiger charge is 2.35. The van der Waals surface area contributed by atoms with Crippen molar-refractivity contribution in [3.05, 3.63) is 78.1 Å². The van der Waals surface area contributed by atoms with E-state index in [-0.39, 0.29) is 18.5 Å². The Kier molecular flexibility index (Phi) is 8.67. The van der Waals surface area contributed by atoms with Gasteiger partial charge >= 0.3 is 0 Å². The van der Waals surface area contributed by atoms with Gasteiger partial charge in [-0.1, -0.05) is 31.4 Å². The Morgan fingerprint density at radius 2 is 1.73 bits per heavy atom. The second-order valence-corrected chi connectivity index (χ2v) is 10.8. The monoisotopic (exact) mass is 600 g/mol. The van der Waals surface area contributed by atoms with E-state index in [9.17, 15) is 14.0 Å². The molecule has 6 rings (SSSR count). The topological polar surface area (TPSA) is 121 Å². The number of anilines is 1. The van der Waals surface area contributed by atoms with Gasteiger partial charge in [0.25, 0.3) is 5.91 Å². The fourth-order valence-corrected chi connectivity index (χ4v) is 5.57. The highest BCUT2D eigenvalue weighted by molar-refractivity contribution is 6.01. The third-order valence-electron chi connectivity index (χ3n) is 7.79. The molecule has 1 aliphatic carbocycles. The maximum absolute atomic E-state index is 14.2. The van der Waals surface area contributed by atoms with Gasteiger partial charge in [-0.25, -0.2) is 4.39 Å². The van der Waals surface area contributed by atoms with Crippen molar-refractivity contribution < 1.29 is 28.2 Å². The lowest BCUT2D eigenvalue weighted by atomic mass is 9.94. The summed E-state index contributed by atoms with van der Waals surface area (Å²) in [7, 11) is 1.58. The van der Waals surface area contributed by atoms with Crippen LogP contribution in [0.4, 0.5) is 10.1 Å². The van der Waals surface area contributed by atoms with E-state index in [1.54, 1.807) is 49.6 Å². The third kappa shape index (κ3) is 6.48. The average molecular weight is 601 g/mol. The number of amides is 2. The number of nitrogens with zero attached hydrogens (tertiary/aromatic N) is 5. The van der Waals surface area contributed by atoms with Crippen LogP contribution in [-0.2, 0) is 16.1 Å². The zero-order chi connectivity index (χ0) is 30.5. The molecular weight excluding hydrogens is 567 g/mol. The van der Waals surface area contributed by atoms with Crippen molar-refractivity contribution in [2.45, 2.75) is 50.7 Å². The summed E-state index contributed by atoms with van der Waals surface area (Å²) in [6.45, 7) is 0.447. The number of fused-ring (bicyclic) bond motifs is 1. The van der Waals surface area contributed by atoms with E-state index < -0.39 is 17.8 Å². The Bertz CT molecular complexity index is 1600. The highest BCUT2D eigenvalue weighted by atomic mass is 19.1. The van der Waals surface area contributed by atoms with Crippen molar-refractivity contribution in [3.8, 4) is 28.6 Å². The van der Waals surface area contributed by atoms with Crippen LogP contribution in [0.1, 0.15) is 43.7 Å². The number of nitrogens with one attached hydrogen (secondary N) is 1. The first-order chi connectivity index (χ1) is 21.5.